The summed E-state index contributed by atoms with van der Waals surface area (Å²) in [5.74, 6) is 0.502. The number of benzene rings is 1. The van der Waals surface area contributed by atoms with Crippen molar-refractivity contribution < 1.29 is 4.39 Å². The molecule has 0 fully saturated rings. The van der Waals surface area contributed by atoms with Gasteiger partial charge in [-0.1, -0.05) is 13.0 Å². The molecular weight excluding hydrogens is 187 g/mol. The molecule has 1 aromatic carbocycles. The molecule has 1 aromatic rings. The fraction of sp³-hybridized carbons (Fsp3) is 0.455. The van der Waals surface area contributed by atoms with Crippen LogP contribution in [0.3, 0.4) is 0 Å². The molecule has 0 aromatic heterocycles. The zero-order valence-corrected chi connectivity index (χ0v) is 8.57. The Morgan fingerprint density at radius 1 is 1.23 bits per heavy atom. The molecule has 0 saturated heterocycles. The van der Waals surface area contributed by atoms with Crippen LogP contribution in [0.25, 0.3) is 0 Å². The molecule has 0 nitrogen and oxygen atoms in total. The molecule has 0 amide bonds. The SMILES string of the molecule is CCc1cc(F)cc(CCCCl)c1. The third kappa shape index (κ3) is 3.35. The molecule has 0 N–H and O–H groups in total. The van der Waals surface area contributed by atoms with E-state index in [2.05, 4.69) is 6.07 Å². The van der Waals surface area contributed by atoms with Crippen LogP contribution in [0, 0.1) is 5.82 Å². The maximum atomic E-state index is 13.0. The average molecular weight is 201 g/mol. The van der Waals surface area contributed by atoms with E-state index in [0.29, 0.717) is 5.88 Å². The third-order valence-corrected chi connectivity index (χ3v) is 2.29. The van der Waals surface area contributed by atoms with Gasteiger partial charge in [-0.2, -0.15) is 0 Å². The smallest absolute Gasteiger partial charge is 0.123 e. The van der Waals surface area contributed by atoms with Crippen molar-refractivity contribution >= 4 is 11.6 Å². The zero-order chi connectivity index (χ0) is 9.68. The first-order chi connectivity index (χ1) is 6.26. The lowest BCUT2D eigenvalue weighted by atomic mass is 10.1. The summed E-state index contributed by atoms with van der Waals surface area (Å²) < 4.78 is 13.0. The van der Waals surface area contributed by atoms with Gasteiger partial charge in [0.25, 0.3) is 0 Å². The van der Waals surface area contributed by atoms with Gasteiger partial charge in [-0.15, -0.1) is 11.6 Å². The Hall–Kier alpha value is -0.560. The van der Waals surface area contributed by atoms with E-state index in [9.17, 15) is 4.39 Å². The van der Waals surface area contributed by atoms with Crippen LogP contribution in [0.1, 0.15) is 24.5 Å². The molecule has 0 saturated carbocycles. The summed E-state index contributed by atoms with van der Waals surface area (Å²) in [6.45, 7) is 2.03. The normalized spacial score (nSPS) is 10.4. The third-order valence-electron chi connectivity index (χ3n) is 2.02. The van der Waals surface area contributed by atoms with Crippen LogP contribution in [0.15, 0.2) is 18.2 Å². The highest BCUT2D eigenvalue weighted by atomic mass is 35.5. The molecule has 0 spiro atoms. The Morgan fingerprint density at radius 3 is 2.54 bits per heavy atom. The first kappa shape index (κ1) is 10.5. The van der Waals surface area contributed by atoms with E-state index in [-0.39, 0.29) is 5.82 Å². The van der Waals surface area contributed by atoms with Crippen molar-refractivity contribution in [3.05, 3.63) is 35.1 Å². The van der Waals surface area contributed by atoms with Gasteiger partial charge in [-0.05, 0) is 42.5 Å². The van der Waals surface area contributed by atoms with Crippen molar-refractivity contribution in [1.82, 2.24) is 0 Å². The summed E-state index contributed by atoms with van der Waals surface area (Å²) in [6.07, 6.45) is 2.66. The molecule has 0 aliphatic rings. The molecule has 2 heteroatoms. The van der Waals surface area contributed by atoms with Crippen molar-refractivity contribution in [1.29, 1.82) is 0 Å². The topological polar surface area (TPSA) is 0 Å². The number of halogens is 2. The summed E-state index contributed by atoms with van der Waals surface area (Å²) in [5.41, 5.74) is 2.11. The Bertz CT molecular complexity index is 271. The minimum absolute atomic E-state index is 0.135. The molecule has 0 radical (unpaired) electrons. The molecule has 13 heavy (non-hydrogen) atoms. The molecule has 72 valence electrons. The number of alkyl halides is 1. The van der Waals surface area contributed by atoms with E-state index >= 15 is 0 Å². The molecule has 0 aliphatic carbocycles. The first-order valence-corrected chi connectivity index (χ1v) is 5.14. The summed E-state index contributed by atoms with van der Waals surface area (Å²) in [5, 5.41) is 0. The van der Waals surface area contributed by atoms with E-state index in [1.165, 1.54) is 0 Å². The van der Waals surface area contributed by atoms with Gasteiger partial charge in [-0.25, -0.2) is 4.39 Å². The largest absolute Gasteiger partial charge is 0.207 e. The van der Waals surface area contributed by atoms with Crippen molar-refractivity contribution in [2.24, 2.45) is 0 Å². The lowest BCUT2D eigenvalue weighted by Gasteiger charge is -2.03. The fourth-order valence-electron chi connectivity index (χ4n) is 1.34. The van der Waals surface area contributed by atoms with E-state index in [0.717, 1.165) is 30.4 Å². The molecule has 0 heterocycles. The number of hydrogen-bond donors (Lipinski definition) is 0. The van der Waals surface area contributed by atoms with Crippen LogP contribution >= 0.6 is 11.6 Å². The predicted molar refractivity (Wildman–Crippen MR) is 54.8 cm³/mol. The quantitative estimate of drug-likeness (QED) is 0.652. The maximum absolute atomic E-state index is 13.0. The van der Waals surface area contributed by atoms with Crippen LogP contribution in [0.4, 0.5) is 4.39 Å². The van der Waals surface area contributed by atoms with Crippen molar-refractivity contribution in [3.63, 3.8) is 0 Å². The summed E-state index contributed by atoms with van der Waals surface area (Å²) in [6, 6.07) is 5.23. The second kappa shape index (κ2) is 5.23. The van der Waals surface area contributed by atoms with Gasteiger partial charge in [0.1, 0.15) is 5.82 Å². The lowest BCUT2D eigenvalue weighted by molar-refractivity contribution is 0.622. The summed E-state index contributed by atoms with van der Waals surface area (Å²) in [7, 11) is 0. The number of aryl methyl sites for hydroxylation is 2. The second-order valence-corrected chi connectivity index (χ2v) is 3.49. The van der Waals surface area contributed by atoms with Crippen LogP contribution in [0.2, 0.25) is 0 Å². The highest BCUT2D eigenvalue weighted by molar-refractivity contribution is 6.17. The van der Waals surface area contributed by atoms with Crippen molar-refractivity contribution in [3.8, 4) is 0 Å². The summed E-state index contributed by atoms with van der Waals surface area (Å²) >= 11 is 5.57. The van der Waals surface area contributed by atoms with Crippen molar-refractivity contribution in [2.75, 3.05) is 5.88 Å². The lowest BCUT2D eigenvalue weighted by Crippen LogP contribution is -1.91. The molecule has 1 rings (SSSR count). The Kier molecular flexibility index (Phi) is 4.23. The van der Waals surface area contributed by atoms with E-state index in [1.54, 1.807) is 12.1 Å². The Labute approximate surface area is 83.7 Å². The van der Waals surface area contributed by atoms with Gasteiger partial charge < -0.3 is 0 Å². The van der Waals surface area contributed by atoms with Gasteiger partial charge in [0.05, 0.1) is 0 Å². The monoisotopic (exact) mass is 200 g/mol. The van der Waals surface area contributed by atoms with Gasteiger partial charge >= 0.3 is 0 Å². The molecular formula is C11H14ClF. The average Bonchev–Trinajstić information content (AvgIpc) is 2.14. The zero-order valence-electron chi connectivity index (χ0n) is 7.82. The minimum Gasteiger partial charge on any atom is -0.207 e. The second-order valence-electron chi connectivity index (χ2n) is 3.11. The van der Waals surface area contributed by atoms with Crippen LogP contribution < -0.4 is 0 Å². The first-order valence-electron chi connectivity index (χ1n) is 4.60. The van der Waals surface area contributed by atoms with Gasteiger partial charge in [0, 0.05) is 5.88 Å². The Morgan fingerprint density at radius 2 is 1.92 bits per heavy atom. The van der Waals surface area contributed by atoms with Crippen LogP contribution in [0.5, 0.6) is 0 Å². The van der Waals surface area contributed by atoms with Crippen LogP contribution in [-0.4, -0.2) is 5.88 Å². The van der Waals surface area contributed by atoms with Crippen molar-refractivity contribution in [2.45, 2.75) is 26.2 Å². The van der Waals surface area contributed by atoms with Gasteiger partial charge in [-0.3, -0.25) is 0 Å². The standard InChI is InChI=1S/C11H14ClF/c1-2-9-6-10(4-3-5-12)8-11(13)7-9/h6-8H,2-5H2,1H3. The maximum Gasteiger partial charge on any atom is 0.123 e. The summed E-state index contributed by atoms with van der Waals surface area (Å²) in [4.78, 5) is 0. The number of rotatable bonds is 4. The van der Waals surface area contributed by atoms with E-state index in [1.807, 2.05) is 6.92 Å². The number of hydrogen-bond acceptors (Lipinski definition) is 0. The van der Waals surface area contributed by atoms with E-state index in [4.69, 9.17) is 11.6 Å². The highest BCUT2D eigenvalue weighted by Crippen LogP contribution is 2.11. The van der Waals surface area contributed by atoms with Gasteiger partial charge in [0.15, 0.2) is 0 Å². The Balaban J connectivity index is 2.76. The fourth-order valence-corrected chi connectivity index (χ4v) is 1.47. The minimum atomic E-state index is -0.135. The van der Waals surface area contributed by atoms with Gasteiger partial charge in [0.2, 0.25) is 0 Å². The highest BCUT2D eigenvalue weighted by Gasteiger charge is 1.99. The molecule has 0 unspecified atom stereocenters. The molecule has 0 aliphatic heterocycles. The molecule has 0 atom stereocenters. The van der Waals surface area contributed by atoms with Crippen LogP contribution in [-0.2, 0) is 12.8 Å². The predicted octanol–water partition coefficient (Wildman–Crippen LogP) is 3.56. The molecule has 0 bridgehead atoms. The van der Waals surface area contributed by atoms with E-state index < -0.39 is 0 Å².